The van der Waals surface area contributed by atoms with Crippen molar-refractivity contribution in [3.8, 4) is 0 Å². The molecule has 6 heteroatoms. The summed E-state index contributed by atoms with van der Waals surface area (Å²) < 4.78 is 23.7. The summed E-state index contributed by atoms with van der Waals surface area (Å²) in [4.78, 5) is 5.67. The van der Waals surface area contributed by atoms with Gasteiger partial charge in [-0.1, -0.05) is 0 Å². The number of hydrogen-bond donors (Lipinski definition) is 1. The fourth-order valence-electron chi connectivity index (χ4n) is 3.61. The van der Waals surface area contributed by atoms with E-state index in [-0.39, 0.29) is 42.2 Å². The monoisotopic (exact) mass is 271 g/mol. The molecule has 1 N–H and O–H groups in total. The van der Waals surface area contributed by atoms with E-state index in [0.717, 1.165) is 0 Å². The minimum absolute atomic E-state index is 0.0772. The summed E-state index contributed by atoms with van der Waals surface area (Å²) in [5, 5.41) is 0. The van der Waals surface area contributed by atoms with E-state index in [1.54, 1.807) is 0 Å². The van der Waals surface area contributed by atoms with Gasteiger partial charge in [-0.05, 0) is 27.7 Å². The van der Waals surface area contributed by atoms with Crippen molar-refractivity contribution in [2.75, 3.05) is 6.61 Å². The lowest BCUT2D eigenvalue weighted by molar-refractivity contribution is -0.232. The fraction of sp³-hybridized carbons (Fsp3) is 1.00. The highest BCUT2D eigenvalue weighted by atomic mass is 16.8. The molecule has 0 unspecified atom stereocenters. The average Bonchev–Trinajstić information content (AvgIpc) is 2.87. The van der Waals surface area contributed by atoms with Gasteiger partial charge in [0.2, 0.25) is 0 Å². The van der Waals surface area contributed by atoms with Gasteiger partial charge in [-0.25, -0.2) is 0 Å². The van der Waals surface area contributed by atoms with Gasteiger partial charge in [-0.15, -0.1) is 0 Å². The number of nitrogens with one attached hydrogen (secondary N) is 1. The number of ether oxygens (including phenoxy) is 4. The molecule has 0 bridgehead atoms. The van der Waals surface area contributed by atoms with Gasteiger partial charge in [-0.2, -0.15) is 5.48 Å². The van der Waals surface area contributed by atoms with Crippen molar-refractivity contribution in [3.63, 3.8) is 0 Å². The first kappa shape index (κ1) is 12.5. The normalized spacial score (nSPS) is 53.7. The van der Waals surface area contributed by atoms with E-state index in [1.165, 1.54) is 0 Å². The summed E-state index contributed by atoms with van der Waals surface area (Å²) >= 11 is 0. The molecule has 0 aromatic rings. The molecule has 0 spiro atoms. The molecule has 4 aliphatic rings. The molecular weight excluding hydrogens is 250 g/mol. The van der Waals surface area contributed by atoms with E-state index in [0.29, 0.717) is 6.61 Å². The maximum atomic E-state index is 6.02. The maximum absolute atomic E-state index is 6.02. The number of hydrogen-bond acceptors (Lipinski definition) is 6. The van der Waals surface area contributed by atoms with Crippen LogP contribution in [0.5, 0.6) is 0 Å². The molecule has 0 saturated carbocycles. The Kier molecular flexibility index (Phi) is 2.43. The Hall–Kier alpha value is -0.240. The summed E-state index contributed by atoms with van der Waals surface area (Å²) in [6.07, 6.45) is -0.648. The lowest BCUT2D eigenvalue weighted by Gasteiger charge is -2.38. The van der Waals surface area contributed by atoms with Gasteiger partial charge < -0.3 is 18.9 Å². The Labute approximate surface area is 112 Å². The van der Waals surface area contributed by atoms with Crippen molar-refractivity contribution in [1.82, 2.24) is 5.48 Å². The molecular formula is C13H21NO5. The van der Waals surface area contributed by atoms with Crippen LogP contribution in [0, 0.1) is 5.92 Å². The third-order valence-electron chi connectivity index (χ3n) is 4.63. The quantitative estimate of drug-likeness (QED) is 0.695. The van der Waals surface area contributed by atoms with Crippen LogP contribution < -0.4 is 5.48 Å². The summed E-state index contributed by atoms with van der Waals surface area (Å²) in [7, 11) is 0. The molecule has 0 aromatic heterocycles. The van der Waals surface area contributed by atoms with Crippen molar-refractivity contribution >= 4 is 0 Å². The third kappa shape index (κ3) is 1.71. The predicted octanol–water partition coefficient (Wildman–Crippen LogP) is 0.560. The molecule has 6 nitrogen and oxygen atoms in total. The first-order valence-electron chi connectivity index (χ1n) is 6.94. The molecule has 4 rings (SSSR count). The molecule has 0 radical (unpaired) electrons. The van der Waals surface area contributed by atoms with E-state index < -0.39 is 5.79 Å². The van der Waals surface area contributed by atoms with E-state index in [9.17, 15) is 0 Å². The zero-order valence-corrected chi connectivity index (χ0v) is 11.7. The Morgan fingerprint density at radius 2 is 1.79 bits per heavy atom. The third-order valence-corrected chi connectivity index (χ3v) is 4.63. The van der Waals surface area contributed by atoms with E-state index >= 15 is 0 Å². The van der Waals surface area contributed by atoms with E-state index in [2.05, 4.69) is 19.3 Å². The fourth-order valence-corrected chi connectivity index (χ4v) is 3.61. The molecule has 108 valence electrons. The second-order valence-corrected chi connectivity index (χ2v) is 6.82. The Morgan fingerprint density at radius 1 is 1.00 bits per heavy atom. The average molecular weight is 271 g/mol. The second-order valence-electron chi connectivity index (χ2n) is 6.82. The highest BCUT2D eigenvalue weighted by molar-refractivity contribution is 5.07. The van der Waals surface area contributed by atoms with Crippen molar-refractivity contribution in [2.45, 2.75) is 69.7 Å². The lowest BCUT2D eigenvalue weighted by atomic mass is 9.81. The molecule has 4 saturated heterocycles. The molecule has 4 aliphatic heterocycles. The summed E-state index contributed by atoms with van der Waals surface area (Å²) in [5.41, 5.74) is 2.88. The van der Waals surface area contributed by atoms with Gasteiger partial charge in [0.05, 0.1) is 18.2 Å². The molecule has 4 fully saturated rings. The summed E-state index contributed by atoms with van der Waals surface area (Å²) in [6, 6.07) is 0.134. The Balaban J connectivity index is 1.57. The Bertz CT molecular complexity index is 398. The van der Waals surface area contributed by atoms with Crippen LogP contribution in [-0.2, 0) is 23.8 Å². The molecule has 0 aromatic carbocycles. The molecule has 6 atom stereocenters. The SMILES string of the molecule is CC1(C)O[C@H]2O[C@@H]3[C@@H]4NOC(C)(C)[C@@H]4CO[C@@H]3[C@H]2O1. The van der Waals surface area contributed by atoms with Crippen LogP contribution in [0.15, 0.2) is 0 Å². The van der Waals surface area contributed by atoms with Crippen molar-refractivity contribution in [2.24, 2.45) is 5.92 Å². The van der Waals surface area contributed by atoms with E-state index in [1.807, 2.05) is 13.8 Å². The predicted molar refractivity (Wildman–Crippen MR) is 64.0 cm³/mol. The maximum Gasteiger partial charge on any atom is 0.190 e. The largest absolute Gasteiger partial charge is 0.372 e. The first-order valence-corrected chi connectivity index (χ1v) is 6.94. The van der Waals surface area contributed by atoms with Crippen molar-refractivity contribution < 1.29 is 23.8 Å². The highest BCUT2D eigenvalue weighted by Crippen LogP contribution is 2.46. The van der Waals surface area contributed by atoms with Crippen molar-refractivity contribution in [1.29, 1.82) is 0 Å². The summed E-state index contributed by atoms with van der Waals surface area (Å²) in [6.45, 7) is 8.59. The van der Waals surface area contributed by atoms with Gasteiger partial charge >= 0.3 is 0 Å². The highest BCUT2D eigenvalue weighted by Gasteiger charge is 2.63. The minimum atomic E-state index is -0.598. The Morgan fingerprint density at radius 3 is 2.58 bits per heavy atom. The lowest BCUT2D eigenvalue weighted by Crippen LogP contribution is -2.55. The van der Waals surface area contributed by atoms with Crippen LogP contribution in [0.1, 0.15) is 27.7 Å². The second kappa shape index (κ2) is 3.69. The van der Waals surface area contributed by atoms with Gasteiger partial charge in [-0.3, -0.25) is 4.84 Å². The van der Waals surface area contributed by atoms with Crippen LogP contribution in [0.4, 0.5) is 0 Å². The van der Waals surface area contributed by atoms with Gasteiger partial charge in [0, 0.05) is 5.92 Å². The van der Waals surface area contributed by atoms with Crippen LogP contribution >= 0.6 is 0 Å². The molecule has 0 aliphatic carbocycles. The zero-order chi connectivity index (χ0) is 13.4. The van der Waals surface area contributed by atoms with E-state index in [4.69, 9.17) is 23.8 Å². The standard InChI is InChI=1S/C13H21NO5/c1-12(2)6-5-15-9-8(7(6)14-19-12)16-11-10(9)17-13(3,4)18-11/h6-11,14H,5H2,1-4H3/t6-,7-,8-,9+,10-,11-/m1/s1. The number of fused-ring (bicyclic) bond motifs is 5. The van der Waals surface area contributed by atoms with Crippen LogP contribution in [0.2, 0.25) is 0 Å². The zero-order valence-electron chi connectivity index (χ0n) is 11.7. The van der Waals surface area contributed by atoms with Crippen LogP contribution in [0.3, 0.4) is 0 Å². The minimum Gasteiger partial charge on any atom is -0.372 e. The molecule has 4 heterocycles. The van der Waals surface area contributed by atoms with Crippen molar-refractivity contribution in [3.05, 3.63) is 0 Å². The first-order chi connectivity index (χ1) is 8.87. The molecule has 19 heavy (non-hydrogen) atoms. The van der Waals surface area contributed by atoms with Crippen LogP contribution in [-0.4, -0.2) is 48.6 Å². The molecule has 0 amide bonds. The number of hydroxylamine groups is 1. The van der Waals surface area contributed by atoms with Gasteiger partial charge in [0.15, 0.2) is 12.1 Å². The smallest absolute Gasteiger partial charge is 0.190 e. The van der Waals surface area contributed by atoms with Crippen LogP contribution in [0.25, 0.3) is 0 Å². The topological polar surface area (TPSA) is 58.2 Å². The van der Waals surface area contributed by atoms with Gasteiger partial charge in [0.25, 0.3) is 0 Å². The number of rotatable bonds is 0. The van der Waals surface area contributed by atoms with Gasteiger partial charge in [0.1, 0.15) is 18.3 Å². The summed E-state index contributed by atoms with van der Waals surface area (Å²) in [5.74, 6) is -0.320.